The number of pyridine rings is 1. The van der Waals surface area contributed by atoms with E-state index in [1.165, 1.54) is 16.7 Å². The Hall–Kier alpha value is -3.10. The van der Waals surface area contributed by atoms with E-state index in [4.69, 9.17) is 16.3 Å². The van der Waals surface area contributed by atoms with E-state index in [1.807, 2.05) is 18.2 Å². The summed E-state index contributed by atoms with van der Waals surface area (Å²) in [6, 6.07) is 12.7. The summed E-state index contributed by atoms with van der Waals surface area (Å²) in [5.41, 5.74) is 6.44. The van der Waals surface area contributed by atoms with Gasteiger partial charge in [-0.05, 0) is 12.1 Å². The number of amides is 2. The molecular weight excluding hydrogens is 350 g/mol. The van der Waals surface area contributed by atoms with Crippen LogP contribution in [0.1, 0.15) is 23.2 Å². The van der Waals surface area contributed by atoms with E-state index in [0.717, 1.165) is 0 Å². The minimum Gasteiger partial charge on any atom is -0.366 e. The first-order valence-corrected chi connectivity index (χ1v) is 8.89. The van der Waals surface area contributed by atoms with Crippen LogP contribution in [0.2, 0.25) is 0 Å². The molecule has 7 nitrogen and oxygen atoms in total. The molecule has 0 saturated heterocycles. The Morgan fingerprint density at radius 1 is 1.15 bits per heavy atom. The first kappa shape index (κ1) is 19.2. The van der Waals surface area contributed by atoms with Crippen LogP contribution in [-0.2, 0) is 4.79 Å². The molecule has 0 aliphatic heterocycles. The van der Waals surface area contributed by atoms with Gasteiger partial charge in [-0.3, -0.25) is 9.59 Å². The van der Waals surface area contributed by atoms with Crippen molar-refractivity contribution >= 4 is 34.5 Å². The van der Waals surface area contributed by atoms with E-state index < -0.39 is 5.91 Å². The van der Waals surface area contributed by atoms with E-state index in [-0.39, 0.29) is 37.6 Å². The highest BCUT2D eigenvalue weighted by Gasteiger charge is 2.15. The Morgan fingerprint density at radius 2 is 1.81 bits per heavy atom. The quantitative estimate of drug-likeness (QED) is 0.712. The van der Waals surface area contributed by atoms with Gasteiger partial charge in [0.1, 0.15) is 0 Å². The number of nitrogens with zero attached hydrogens (tertiary/aromatic N) is 4. The molecule has 0 saturated carbocycles. The molecule has 26 heavy (non-hydrogen) atoms. The van der Waals surface area contributed by atoms with Crippen LogP contribution in [0.25, 0.3) is 10.9 Å². The Morgan fingerprint density at radius 3 is 2.42 bits per heavy atom. The number of carbonyl (C=O) groups is 2. The number of primary amides is 1. The fourth-order valence-corrected chi connectivity index (χ4v) is 3.21. The van der Waals surface area contributed by atoms with Crippen molar-refractivity contribution in [2.24, 2.45) is 5.73 Å². The van der Waals surface area contributed by atoms with Crippen LogP contribution in [0, 0.1) is 22.7 Å². The summed E-state index contributed by atoms with van der Waals surface area (Å²) in [7, 11) is 0. The molecule has 0 aliphatic rings. The Kier molecular flexibility index (Phi) is 6.95. The summed E-state index contributed by atoms with van der Waals surface area (Å²) in [4.78, 5) is 30.0. The molecular formula is C18H17N5O2S. The molecule has 0 aliphatic carbocycles. The lowest BCUT2D eigenvalue weighted by Crippen LogP contribution is -2.34. The molecule has 8 heteroatoms. The van der Waals surface area contributed by atoms with Gasteiger partial charge in [0, 0.05) is 18.5 Å². The van der Waals surface area contributed by atoms with Crippen molar-refractivity contribution in [3.05, 3.63) is 35.9 Å². The number of para-hydroxylation sites is 1. The molecule has 2 amide bonds. The molecule has 0 bridgehead atoms. The molecule has 0 unspecified atom stereocenters. The van der Waals surface area contributed by atoms with Crippen molar-refractivity contribution < 1.29 is 9.59 Å². The molecule has 1 aromatic heterocycles. The third-order valence-electron chi connectivity index (χ3n) is 3.64. The normalized spacial score (nSPS) is 10.1. The van der Waals surface area contributed by atoms with Gasteiger partial charge in [-0.2, -0.15) is 10.5 Å². The van der Waals surface area contributed by atoms with Crippen molar-refractivity contribution in [2.75, 3.05) is 18.8 Å². The molecule has 2 aromatic rings. The second kappa shape index (κ2) is 9.40. The lowest BCUT2D eigenvalue weighted by atomic mass is 10.1. The van der Waals surface area contributed by atoms with Crippen LogP contribution in [-0.4, -0.2) is 40.5 Å². The minimum absolute atomic E-state index is 0.0976. The molecule has 1 heterocycles. The molecule has 0 atom stereocenters. The predicted octanol–water partition coefficient (Wildman–Crippen LogP) is 2.08. The Balaban J connectivity index is 2.15. The van der Waals surface area contributed by atoms with Crippen molar-refractivity contribution in [1.29, 1.82) is 10.5 Å². The van der Waals surface area contributed by atoms with Gasteiger partial charge in [0.25, 0.3) is 0 Å². The van der Waals surface area contributed by atoms with E-state index in [9.17, 15) is 9.59 Å². The van der Waals surface area contributed by atoms with Crippen LogP contribution >= 0.6 is 11.8 Å². The highest BCUT2D eigenvalue weighted by molar-refractivity contribution is 7.99. The third-order valence-corrected chi connectivity index (χ3v) is 4.54. The SMILES string of the molecule is N#CCCN(CCC#N)C(=O)CSc1cc(C(N)=O)c2ccccc2n1. The summed E-state index contributed by atoms with van der Waals surface area (Å²) in [5.74, 6) is -0.641. The van der Waals surface area contributed by atoms with Crippen molar-refractivity contribution in [3.63, 3.8) is 0 Å². The molecule has 132 valence electrons. The summed E-state index contributed by atoms with van der Waals surface area (Å²) < 4.78 is 0. The third kappa shape index (κ3) is 4.95. The molecule has 0 fully saturated rings. The summed E-state index contributed by atoms with van der Waals surface area (Å²) in [6.45, 7) is 0.574. The second-order valence-corrected chi connectivity index (χ2v) is 6.37. The largest absolute Gasteiger partial charge is 0.366 e. The van der Waals surface area contributed by atoms with Crippen molar-refractivity contribution in [3.8, 4) is 12.1 Å². The number of hydrogen-bond donors (Lipinski definition) is 1. The Labute approximate surface area is 155 Å². The number of thioether (sulfide) groups is 1. The van der Waals surface area contributed by atoms with Crippen LogP contribution < -0.4 is 5.73 Å². The highest BCUT2D eigenvalue weighted by atomic mass is 32.2. The number of hydrogen-bond acceptors (Lipinski definition) is 6. The lowest BCUT2D eigenvalue weighted by Gasteiger charge is -2.20. The maximum atomic E-state index is 12.4. The average Bonchev–Trinajstić information content (AvgIpc) is 2.65. The highest BCUT2D eigenvalue weighted by Crippen LogP contribution is 2.24. The maximum Gasteiger partial charge on any atom is 0.249 e. The number of aromatic nitrogens is 1. The number of fused-ring (bicyclic) bond motifs is 1. The van der Waals surface area contributed by atoms with Crippen LogP contribution in [0.5, 0.6) is 0 Å². The number of rotatable bonds is 8. The average molecular weight is 367 g/mol. The number of carbonyl (C=O) groups excluding carboxylic acids is 2. The van der Waals surface area contributed by atoms with Gasteiger partial charge >= 0.3 is 0 Å². The maximum absolute atomic E-state index is 12.4. The number of benzene rings is 1. The van der Waals surface area contributed by atoms with E-state index >= 15 is 0 Å². The smallest absolute Gasteiger partial charge is 0.249 e. The van der Waals surface area contributed by atoms with Crippen LogP contribution in [0.3, 0.4) is 0 Å². The Bertz CT molecular complexity index is 883. The number of nitriles is 2. The first-order chi connectivity index (χ1) is 12.6. The van der Waals surface area contributed by atoms with Gasteiger partial charge in [-0.1, -0.05) is 30.0 Å². The monoisotopic (exact) mass is 367 g/mol. The summed E-state index contributed by atoms with van der Waals surface area (Å²) >= 11 is 1.19. The lowest BCUT2D eigenvalue weighted by molar-refractivity contribution is -0.128. The number of nitrogens with two attached hydrogens (primary N) is 1. The van der Waals surface area contributed by atoms with Gasteiger partial charge < -0.3 is 10.6 Å². The predicted molar refractivity (Wildman–Crippen MR) is 98.0 cm³/mol. The van der Waals surface area contributed by atoms with Gasteiger partial charge in [0.2, 0.25) is 11.8 Å². The van der Waals surface area contributed by atoms with E-state index in [2.05, 4.69) is 4.98 Å². The fraction of sp³-hybridized carbons (Fsp3) is 0.278. The van der Waals surface area contributed by atoms with Crippen molar-refractivity contribution in [2.45, 2.75) is 17.9 Å². The van der Waals surface area contributed by atoms with E-state index in [1.54, 1.807) is 24.3 Å². The fourth-order valence-electron chi connectivity index (χ4n) is 2.39. The van der Waals surface area contributed by atoms with Gasteiger partial charge in [-0.15, -0.1) is 0 Å². The molecule has 2 rings (SSSR count). The standard InChI is InChI=1S/C18H17N5O2S/c19-7-3-9-23(10-4-8-20)17(24)12-26-16-11-14(18(21)25)13-5-1-2-6-15(13)22-16/h1-2,5-6,11H,3-4,9-10,12H2,(H2,21,25). The first-order valence-electron chi connectivity index (χ1n) is 7.91. The second-order valence-electron chi connectivity index (χ2n) is 5.38. The van der Waals surface area contributed by atoms with Crippen LogP contribution in [0.4, 0.5) is 0 Å². The molecule has 0 spiro atoms. The van der Waals surface area contributed by atoms with Gasteiger partial charge in [0.15, 0.2) is 0 Å². The zero-order chi connectivity index (χ0) is 18.9. The molecule has 1 aromatic carbocycles. The zero-order valence-electron chi connectivity index (χ0n) is 14.0. The van der Waals surface area contributed by atoms with Crippen LogP contribution in [0.15, 0.2) is 35.4 Å². The van der Waals surface area contributed by atoms with Crippen molar-refractivity contribution in [1.82, 2.24) is 9.88 Å². The summed E-state index contributed by atoms with van der Waals surface area (Å²) in [6.07, 6.45) is 0.420. The molecule has 0 radical (unpaired) electrons. The zero-order valence-corrected chi connectivity index (χ0v) is 14.8. The van der Waals surface area contributed by atoms with Gasteiger partial charge in [-0.25, -0.2) is 4.98 Å². The topological polar surface area (TPSA) is 124 Å². The van der Waals surface area contributed by atoms with Gasteiger partial charge in [0.05, 0.1) is 46.8 Å². The minimum atomic E-state index is -0.554. The molecule has 2 N–H and O–H groups in total. The van der Waals surface area contributed by atoms with E-state index in [0.29, 0.717) is 21.5 Å². The summed E-state index contributed by atoms with van der Waals surface area (Å²) in [5, 5.41) is 18.6.